The first-order chi connectivity index (χ1) is 17.0. The zero-order valence-corrected chi connectivity index (χ0v) is 20.4. The van der Waals surface area contributed by atoms with Crippen LogP contribution < -0.4 is 20.1 Å². The summed E-state index contributed by atoms with van der Waals surface area (Å²) in [6, 6.07) is 13.9. The number of rotatable bonds is 6. The lowest BCUT2D eigenvalue weighted by molar-refractivity contribution is 0.135. The monoisotopic (exact) mass is 472 g/mol. The summed E-state index contributed by atoms with van der Waals surface area (Å²) < 4.78 is 16.9. The highest BCUT2D eigenvalue weighted by molar-refractivity contribution is 6.01. The lowest BCUT2D eigenvalue weighted by Crippen LogP contribution is -2.44. The van der Waals surface area contributed by atoms with Gasteiger partial charge in [-0.2, -0.15) is 4.99 Å². The number of fused-ring (bicyclic) bond motifs is 2. The fourth-order valence-electron chi connectivity index (χ4n) is 4.18. The second kappa shape index (κ2) is 9.17. The van der Waals surface area contributed by atoms with Gasteiger partial charge in [0.2, 0.25) is 11.8 Å². The van der Waals surface area contributed by atoms with E-state index >= 15 is 0 Å². The van der Waals surface area contributed by atoms with Crippen LogP contribution in [0.15, 0.2) is 70.2 Å². The molecule has 0 saturated heterocycles. The van der Waals surface area contributed by atoms with Crippen molar-refractivity contribution in [1.82, 2.24) is 15.2 Å². The predicted octanol–water partition coefficient (Wildman–Crippen LogP) is 4.18. The lowest BCUT2D eigenvalue weighted by Gasteiger charge is -2.31. The van der Waals surface area contributed by atoms with E-state index in [2.05, 4.69) is 26.7 Å². The minimum atomic E-state index is -0.215. The molecule has 2 aromatic carbocycles. The Kier molecular flexibility index (Phi) is 5.90. The Labute approximate surface area is 204 Å². The van der Waals surface area contributed by atoms with Crippen molar-refractivity contribution in [1.29, 1.82) is 0 Å². The smallest absolute Gasteiger partial charge is 0.241 e. The SMILES string of the molecule is COc1ccc(-c2ccnc3ccc(NC4=NC(OC(C)C)=C5NC=NC5N4C)cc23)cc1OC. The number of anilines is 1. The highest BCUT2D eigenvalue weighted by atomic mass is 16.5. The molecule has 2 N–H and O–H groups in total. The fourth-order valence-corrected chi connectivity index (χ4v) is 4.18. The summed E-state index contributed by atoms with van der Waals surface area (Å²) >= 11 is 0. The molecule has 9 nitrogen and oxygen atoms in total. The second-order valence-electron chi connectivity index (χ2n) is 8.51. The van der Waals surface area contributed by atoms with Gasteiger partial charge in [-0.1, -0.05) is 6.07 Å². The number of hydrogen-bond acceptors (Lipinski definition) is 9. The van der Waals surface area contributed by atoms with Gasteiger partial charge in [0, 0.05) is 24.3 Å². The average Bonchev–Trinajstić information content (AvgIpc) is 3.36. The third kappa shape index (κ3) is 4.21. The minimum absolute atomic E-state index is 0.00949. The third-order valence-corrected chi connectivity index (χ3v) is 5.87. The Bertz CT molecular complexity index is 1360. The van der Waals surface area contributed by atoms with E-state index in [0.29, 0.717) is 23.3 Å². The van der Waals surface area contributed by atoms with Gasteiger partial charge in [0.25, 0.3) is 0 Å². The summed E-state index contributed by atoms with van der Waals surface area (Å²) in [4.78, 5) is 15.8. The molecular weight excluding hydrogens is 444 g/mol. The van der Waals surface area contributed by atoms with Crippen LogP contribution in [0.3, 0.4) is 0 Å². The molecule has 2 aliphatic heterocycles. The molecule has 5 rings (SSSR count). The van der Waals surface area contributed by atoms with Gasteiger partial charge >= 0.3 is 0 Å². The molecule has 35 heavy (non-hydrogen) atoms. The molecule has 1 unspecified atom stereocenters. The molecular formula is C26H28N6O3. The number of guanidine groups is 1. The van der Waals surface area contributed by atoms with Crippen LogP contribution in [-0.4, -0.2) is 55.7 Å². The number of likely N-dealkylation sites (N-methyl/N-ethyl adjacent to an activating group) is 1. The minimum Gasteiger partial charge on any atom is -0.493 e. The Hall–Kier alpha value is -4.27. The largest absolute Gasteiger partial charge is 0.493 e. The molecule has 0 bridgehead atoms. The van der Waals surface area contributed by atoms with Crippen LogP contribution in [0.2, 0.25) is 0 Å². The van der Waals surface area contributed by atoms with E-state index < -0.39 is 0 Å². The number of benzene rings is 2. The maximum atomic E-state index is 5.96. The number of nitrogens with one attached hydrogen (secondary N) is 2. The quantitative estimate of drug-likeness (QED) is 0.556. The van der Waals surface area contributed by atoms with Crippen LogP contribution in [0.4, 0.5) is 5.69 Å². The van der Waals surface area contributed by atoms with Crippen molar-refractivity contribution in [3.8, 4) is 22.6 Å². The first-order valence-electron chi connectivity index (χ1n) is 11.4. The van der Waals surface area contributed by atoms with E-state index in [-0.39, 0.29) is 12.3 Å². The fraction of sp³-hybridized carbons (Fsp3) is 0.269. The summed E-state index contributed by atoms with van der Waals surface area (Å²) in [6.45, 7) is 3.96. The molecule has 0 saturated carbocycles. The van der Waals surface area contributed by atoms with Gasteiger partial charge in [-0.25, -0.2) is 4.99 Å². The highest BCUT2D eigenvalue weighted by Crippen LogP contribution is 2.36. The molecule has 0 aliphatic carbocycles. The van der Waals surface area contributed by atoms with E-state index in [1.54, 1.807) is 20.6 Å². The van der Waals surface area contributed by atoms with Crippen molar-refractivity contribution >= 4 is 28.9 Å². The van der Waals surface area contributed by atoms with Crippen LogP contribution in [0.25, 0.3) is 22.0 Å². The molecule has 0 spiro atoms. The van der Waals surface area contributed by atoms with Crippen LogP contribution in [0.1, 0.15) is 13.8 Å². The Balaban J connectivity index is 1.52. The maximum absolute atomic E-state index is 5.96. The summed E-state index contributed by atoms with van der Waals surface area (Å²) in [5.41, 5.74) is 4.64. The molecule has 3 heterocycles. The summed E-state index contributed by atoms with van der Waals surface area (Å²) in [6.07, 6.45) is 3.27. The topological polar surface area (TPSA) is 92.6 Å². The Morgan fingerprint density at radius 2 is 1.86 bits per heavy atom. The molecule has 3 aromatic rings. The van der Waals surface area contributed by atoms with Crippen molar-refractivity contribution < 1.29 is 14.2 Å². The van der Waals surface area contributed by atoms with Crippen molar-refractivity contribution in [2.45, 2.75) is 26.1 Å². The molecule has 1 aromatic heterocycles. The van der Waals surface area contributed by atoms with Crippen molar-refractivity contribution in [2.24, 2.45) is 9.98 Å². The van der Waals surface area contributed by atoms with E-state index in [0.717, 1.165) is 33.4 Å². The van der Waals surface area contributed by atoms with E-state index in [1.807, 2.05) is 68.4 Å². The average molecular weight is 473 g/mol. The van der Waals surface area contributed by atoms with Gasteiger partial charge < -0.3 is 29.7 Å². The maximum Gasteiger partial charge on any atom is 0.241 e. The zero-order valence-electron chi connectivity index (χ0n) is 20.4. The highest BCUT2D eigenvalue weighted by Gasteiger charge is 2.33. The second-order valence-corrected chi connectivity index (χ2v) is 8.51. The van der Waals surface area contributed by atoms with Gasteiger partial charge in [0.05, 0.1) is 32.2 Å². The predicted molar refractivity (Wildman–Crippen MR) is 138 cm³/mol. The molecule has 0 amide bonds. The van der Waals surface area contributed by atoms with Crippen LogP contribution in [-0.2, 0) is 4.74 Å². The van der Waals surface area contributed by atoms with E-state index in [4.69, 9.17) is 19.2 Å². The van der Waals surface area contributed by atoms with Crippen molar-refractivity contribution in [3.63, 3.8) is 0 Å². The first kappa shape index (κ1) is 22.5. The standard InChI is InChI=1S/C26H28N6O3/c1-15(2)35-25-23-24(29-14-28-23)32(3)26(31-25)30-17-7-8-20-19(13-17)18(10-11-27-20)16-6-9-21(33-4)22(12-16)34-5/h6-15,24H,1-5H3,(H,28,29)(H,30,31). The third-order valence-electron chi connectivity index (χ3n) is 5.87. The molecule has 0 radical (unpaired) electrons. The van der Waals surface area contributed by atoms with Crippen molar-refractivity contribution in [2.75, 3.05) is 26.6 Å². The Morgan fingerprint density at radius 3 is 2.63 bits per heavy atom. The van der Waals surface area contributed by atoms with Gasteiger partial charge in [-0.3, -0.25) is 4.98 Å². The van der Waals surface area contributed by atoms with Crippen LogP contribution in [0.5, 0.6) is 11.5 Å². The number of hydrogen-bond donors (Lipinski definition) is 2. The van der Waals surface area contributed by atoms with Gasteiger partial charge in [0.15, 0.2) is 17.7 Å². The van der Waals surface area contributed by atoms with Crippen LogP contribution in [0, 0.1) is 0 Å². The van der Waals surface area contributed by atoms with Crippen LogP contribution >= 0.6 is 0 Å². The molecule has 1 atom stereocenters. The number of aromatic nitrogens is 1. The Morgan fingerprint density at radius 1 is 1.03 bits per heavy atom. The van der Waals surface area contributed by atoms with E-state index in [9.17, 15) is 0 Å². The summed E-state index contributed by atoms with van der Waals surface area (Å²) in [7, 11) is 5.21. The van der Waals surface area contributed by atoms with E-state index in [1.165, 1.54) is 0 Å². The molecule has 0 fully saturated rings. The zero-order chi connectivity index (χ0) is 24.5. The summed E-state index contributed by atoms with van der Waals surface area (Å²) in [5, 5.41) is 7.60. The molecule has 180 valence electrons. The molecule has 9 heteroatoms. The van der Waals surface area contributed by atoms with Crippen molar-refractivity contribution in [3.05, 3.63) is 60.2 Å². The number of pyridine rings is 1. The number of aliphatic imine (C=N–C) groups is 2. The summed E-state index contributed by atoms with van der Waals surface area (Å²) in [5.74, 6) is 2.54. The first-order valence-corrected chi connectivity index (χ1v) is 11.4. The van der Waals surface area contributed by atoms with Gasteiger partial charge in [-0.15, -0.1) is 0 Å². The molecule has 2 aliphatic rings. The normalized spacial score (nSPS) is 16.8. The number of ether oxygens (including phenoxy) is 3. The number of methoxy groups -OCH3 is 2. The van der Waals surface area contributed by atoms with Gasteiger partial charge in [-0.05, 0) is 61.4 Å². The number of nitrogens with zero attached hydrogens (tertiary/aromatic N) is 4. The lowest BCUT2D eigenvalue weighted by atomic mass is 10.0. The van der Waals surface area contributed by atoms with Gasteiger partial charge in [0.1, 0.15) is 5.70 Å².